The summed E-state index contributed by atoms with van der Waals surface area (Å²) < 4.78 is 1.96. The van der Waals surface area contributed by atoms with Crippen LogP contribution in [0.4, 0.5) is 0 Å². The molecule has 0 spiro atoms. The van der Waals surface area contributed by atoms with E-state index in [-0.39, 0.29) is 23.1 Å². The molecule has 1 aromatic carbocycles. The summed E-state index contributed by atoms with van der Waals surface area (Å²) in [5.74, 6) is 0.259. The van der Waals surface area contributed by atoms with Crippen LogP contribution >= 0.6 is 0 Å². The van der Waals surface area contributed by atoms with Gasteiger partial charge in [-0.1, -0.05) is 32.9 Å². The number of imidazole rings is 1. The molecule has 1 aromatic heterocycles. The fourth-order valence-corrected chi connectivity index (χ4v) is 4.88. The van der Waals surface area contributed by atoms with Crippen molar-refractivity contribution < 1.29 is 4.79 Å². The zero-order chi connectivity index (χ0) is 19.9. The van der Waals surface area contributed by atoms with Gasteiger partial charge < -0.3 is 9.88 Å². The smallest absolute Gasteiger partial charge is 0.326 e. The molecule has 1 amide bonds. The molecule has 2 aromatic rings. The lowest BCUT2D eigenvalue weighted by Gasteiger charge is -2.43. The minimum absolute atomic E-state index is 0.0129. The molecule has 2 fully saturated rings. The molecule has 0 unspecified atom stereocenters. The number of piperazine rings is 1. The van der Waals surface area contributed by atoms with E-state index in [1.54, 1.807) is 0 Å². The molecule has 4 rings (SSSR count). The van der Waals surface area contributed by atoms with E-state index in [4.69, 9.17) is 0 Å². The standard InChI is InChI=1S/C22H32N4O2/c1-22(2,3)20(27)25-14-12-24(13-15-25)16-8-10-17(11-9-16)26-19-7-5-4-6-18(19)23-21(26)28/h4-7,16-17H,8-15H2,1-3H3,(H,23,28). The molecule has 1 saturated carbocycles. The van der Waals surface area contributed by atoms with Crippen LogP contribution in [0.25, 0.3) is 11.0 Å². The van der Waals surface area contributed by atoms with Crippen LogP contribution in [0.3, 0.4) is 0 Å². The van der Waals surface area contributed by atoms with Gasteiger partial charge in [-0.15, -0.1) is 0 Å². The van der Waals surface area contributed by atoms with Gasteiger partial charge in [-0.2, -0.15) is 0 Å². The summed E-state index contributed by atoms with van der Waals surface area (Å²) in [7, 11) is 0. The van der Waals surface area contributed by atoms with Crippen LogP contribution in [-0.4, -0.2) is 57.5 Å². The Morgan fingerprint density at radius 1 is 0.964 bits per heavy atom. The normalized spacial score (nSPS) is 24.6. The van der Waals surface area contributed by atoms with Crippen molar-refractivity contribution in [1.29, 1.82) is 0 Å². The Morgan fingerprint density at radius 3 is 2.21 bits per heavy atom. The molecule has 0 radical (unpaired) electrons. The van der Waals surface area contributed by atoms with Crippen LogP contribution in [0.2, 0.25) is 0 Å². The van der Waals surface area contributed by atoms with Gasteiger partial charge in [0.05, 0.1) is 11.0 Å². The lowest BCUT2D eigenvalue weighted by atomic mass is 9.89. The minimum Gasteiger partial charge on any atom is -0.340 e. The molecule has 1 aliphatic carbocycles. The number of H-pyrrole nitrogens is 1. The van der Waals surface area contributed by atoms with Gasteiger partial charge in [0.15, 0.2) is 0 Å². The number of rotatable bonds is 2. The Balaban J connectivity index is 1.36. The van der Waals surface area contributed by atoms with Crippen molar-refractivity contribution in [3.05, 3.63) is 34.7 Å². The van der Waals surface area contributed by atoms with E-state index < -0.39 is 0 Å². The van der Waals surface area contributed by atoms with Crippen LogP contribution in [0, 0.1) is 5.41 Å². The van der Waals surface area contributed by atoms with Gasteiger partial charge >= 0.3 is 5.69 Å². The van der Waals surface area contributed by atoms with Crippen LogP contribution < -0.4 is 5.69 Å². The second-order valence-corrected chi connectivity index (χ2v) is 9.36. The summed E-state index contributed by atoms with van der Waals surface area (Å²) in [6.45, 7) is 9.57. The number of hydrogen-bond donors (Lipinski definition) is 1. The molecular formula is C22H32N4O2. The number of benzene rings is 1. The molecule has 28 heavy (non-hydrogen) atoms. The van der Waals surface area contributed by atoms with Crippen LogP contribution in [-0.2, 0) is 4.79 Å². The van der Waals surface area contributed by atoms with Crippen molar-refractivity contribution in [3.63, 3.8) is 0 Å². The summed E-state index contributed by atoms with van der Waals surface area (Å²) >= 11 is 0. The molecule has 6 heteroatoms. The number of nitrogens with zero attached hydrogens (tertiary/aromatic N) is 3. The van der Waals surface area contributed by atoms with Gasteiger partial charge in [-0.25, -0.2) is 4.79 Å². The number of aromatic nitrogens is 2. The third kappa shape index (κ3) is 3.62. The lowest BCUT2D eigenvalue weighted by molar-refractivity contribution is -0.141. The van der Waals surface area contributed by atoms with Crippen molar-refractivity contribution in [2.24, 2.45) is 5.41 Å². The molecular weight excluding hydrogens is 352 g/mol. The zero-order valence-corrected chi connectivity index (χ0v) is 17.3. The number of carbonyl (C=O) groups excluding carboxylic acids is 1. The van der Waals surface area contributed by atoms with Gasteiger partial charge in [0.1, 0.15) is 0 Å². The minimum atomic E-state index is -0.299. The number of amides is 1. The third-order valence-electron chi connectivity index (χ3n) is 6.41. The molecule has 1 aliphatic heterocycles. The highest BCUT2D eigenvalue weighted by Gasteiger charge is 2.33. The monoisotopic (exact) mass is 384 g/mol. The maximum absolute atomic E-state index is 12.5. The zero-order valence-electron chi connectivity index (χ0n) is 17.3. The summed E-state index contributed by atoms with van der Waals surface area (Å²) in [6.07, 6.45) is 4.30. The van der Waals surface area contributed by atoms with Gasteiger partial charge in [0, 0.05) is 43.7 Å². The Bertz CT molecular complexity index is 891. The quantitative estimate of drug-likeness (QED) is 0.866. The highest BCUT2D eigenvalue weighted by atomic mass is 16.2. The summed E-state index contributed by atoms with van der Waals surface area (Å²) in [4.78, 5) is 32.5. The number of aromatic amines is 1. The van der Waals surface area contributed by atoms with E-state index in [2.05, 4.69) is 9.88 Å². The predicted octanol–water partition coefficient (Wildman–Crippen LogP) is 3.00. The van der Waals surface area contributed by atoms with Crippen LogP contribution in [0.1, 0.15) is 52.5 Å². The number of para-hydroxylation sites is 2. The highest BCUT2D eigenvalue weighted by Crippen LogP contribution is 2.32. The van der Waals surface area contributed by atoms with Crippen LogP contribution in [0.5, 0.6) is 0 Å². The topological polar surface area (TPSA) is 61.3 Å². The fourth-order valence-electron chi connectivity index (χ4n) is 4.88. The maximum atomic E-state index is 12.5. The third-order valence-corrected chi connectivity index (χ3v) is 6.41. The van der Waals surface area contributed by atoms with E-state index in [1.807, 2.05) is 54.5 Å². The molecule has 6 nitrogen and oxygen atoms in total. The Labute approximate surface area is 166 Å². The predicted molar refractivity (Wildman–Crippen MR) is 111 cm³/mol. The number of carbonyl (C=O) groups is 1. The van der Waals surface area contributed by atoms with Gasteiger partial charge in [-0.3, -0.25) is 14.3 Å². The summed E-state index contributed by atoms with van der Waals surface area (Å²) in [5, 5.41) is 0. The maximum Gasteiger partial charge on any atom is 0.326 e. The fraction of sp³-hybridized carbons (Fsp3) is 0.636. The molecule has 1 saturated heterocycles. The largest absolute Gasteiger partial charge is 0.340 e. The van der Waals surface area contributed by atoms with Gasteiger partial charge in [0.2, 0.25) is 5.91 Å². The average molecular weight is 385 g/mol. The molecule has 2 aliphatic rings. The Morgan fingerprint density at radius 2 is 1.57 bits per heavy atom. The van der Waals surface area contributed by atoms with Gasteiger partial charge in [-0.05, 0) is 37.8 Å². The number of fused-ring (bicyclic) bond motifs is 1. The van der Waals surface area contributed by atoms with Crippen molar-refractivity contribution in [1.82, 2.24) is 19.4 Å². The first kappa shape index (κ1) is 19.2. The summed E-state index contributed by atoms with van der Waals surface area (Å²) in [5.41, 5.74) is 1.66. The van der Waals surface area contributed by atoms with E-state index in [0.29, 0.717) is 6.04 Å². The number of nitrogens with one attached hydrogen (secondary N) is 1. The molecule has 0 bridgehead atoms. The van der Waals surface area contributed by atoms with E-state index in [0.717, 1.165) is 62.9 Å². The first-order valence-corrected chi connectivity index (χ1v) is 10.6. The summed E-state index contributed by atoms with van der Waals surface area (Å²) in [6, 6.07) is 8.81. The lowest BCUT2D eigenvalue weighted by Crippen LogP contribution is -2.54. The molecule has 2 heterocycles. The molecule has 0 atom stereocenters. The second kappa shape index (κ2) is 7.39. The van der Waals surface area contributed by atoms with Crippen molar-refractivity contribution in [2.75, 3.05) is 26.2 Å². The van der Waals surface area contributed by atoms with E-state index in [9.17, 15) is 9.59 Å². The SMILES string of the molecule is CC(C)(C)C(=O)N1CCN(C2CCC(n3c(=O)[nH]c4ccccc43)CC2)CC1. The van der Waals surface area contributed by atoms with Gasteiger partial charge in [0.25, 0.3) is 0 Å². The highest BCUT2D eigenvalue weighted by molar-refractivity contribution is 5.81. The average Bonchev–Trinajstić information content (AvgIpc) is 3.02. The Kier molecular flexibility index (Phi) is 5.08. The second-order valence-electron chi connectivity index (χ2n) is 9.36. The van der Waals surface area contributed by atoms with Crippen molar-refractivity contribution in [3.8, 4) is 0 Å². The van der Waals surface area contributed by atoms with Crippen molar-refractivity contribution >= 4 is 16.9 Å². The molecule has 152 valence electrons. The van der Waals surface area contributed by atoms with Crippen LogP contribution in [0.15, 0.2) is 29.1 Å². The van der Waals surface area contributed by atoms with E-state index in [1.165, 1.54) is 0 Å². The first-order valence-electron chi connectivity index (χ1n) is 10.6. The van der Waals surface area contributed by atoms with E-state index >= 15 is 0 Å². The molecule has 1 N–H and O–H groups in total. The Hall–Kier alpha value is -2.08. The number of hydrogen-bond acceptors (Lipinski definition) is 3. The first-order chi connectivity index (χ1) is 13.3. The van der Waals surface area contributed by atoms with Crippen molar-refractivity contribution in [2.45, 2.75) is 58.5 Å².